The predicted molar refractivity (Wildman–Crippen MR) is 46.3 cm³/mol. The lowest BCUT2D eigenvalue weighted by molar-refractivity contribution is 0.266. The number of rotatable bonds is 3. The van der Waals surface area contributed by atoms with Gasteiger partial charge in [0.25, 0.3) is 0 Å². The van der Waals surface area contributed by atoms with E-state index in [1.807, 2.05) is 0 Å². The van der Waals surface area contributed by atoms with Gasteiger partial charge in [-0.05, 0) is 11.6 Å². The van der Waals surface area contributed by atoms with Crippen molar-refractivity contribution in [1.82, 2.24) is 0 Å². The molecule has 1 rings (SSSR count). The zero-order chi connectivity index (χ0) is 9.84. The highest BCUT2D eigenvalue weighted by atomic mass is 19.1. The molecule has 0 spiro atoms. The van der Waals surface area contributed by atoms with E-state index in [-0.39, 0.29) is 18.8 Å². The first kappa shape index (κ1) is 10.1. The molecule has 0 aromatic heterocycles. The molecule has 0 fully saturated rings. The van der Waals surface area contributed by atoms with Crippen LogP contribution < -0.4 is 5.73 Å². The Morgan fingerprint density at radius 3 is 2.54 bits per heavy atom. The van der Waals surface area contributed by atoms with Gasteiger partial charge in [0, 0.05) is 5.56 Å². The fourth-order valence-corrected chi connectivity index (χ4v) is 1.03. The third-order valence-electron chi connectivity index (χ3n) is 1.87. The molecule has 3 nitrogen and oxygen atoms in total. The van der Waals surface area contributed by atoms with E-state index < -0.39 is 11.9 Å². The van der Waals surface area contributed by atoms with Crippen LogP contribution in [0.5, 0.6) is 0 Å². The van der Waals surface area contributed by atoms with Gasteiger partial charge in [0.15, 0.2) is 0 Å². The van der Waals surface area contributed by atoms with Crippen molar-refractivity contribution in [2.45, 2.75) is 12.6 Å². The molecular formula is C9H12FNO2. The Kier molecular flexibility index (Phi) is 3.36. The molecule has 1 aromatic carbocycles. The van der Waals surface area contributed by atoms with E-state index in [4.69, 9.17) is 15.9 Å². The summed E-state index contributed by atoms with van der Waals surface area (Å²) in [6.45, 7) is -0.557. The molecule has 72 valence electrons. The van der Waals surface area contributed by atoms with Crippen molar-refractivity contribution < 1.29 is 14.6 Å². The maximum atomic E-state index is 13.0. The van der Waals surface area contributed by atoms with E-state index in [1.165, 1.54) is 12.1 Å². The van der Waals surface area contributed by atoms with Crippen LogP contribution in [0.15, 0.2) is 18.2 Å². The van der Waals surface area contributed by atoms with Gasteiger partial charge in [-0.15, -0.1) is 0 Å². The highest BCUT2D eigenvalue weighted by Crippen LogP contribution is 2.14. The van der Waals surface area contributed by atoms with Crippen molar-refractivity contribution in [1.29, 1.82) is 0 Å². The van der Waals surface area contributed by atoms with Crippen LogP contribution in [0.25, 0.3) is 0 Å². The largest absolute Gasteiger partial charge is 0.394 e. The topological polar surface area (TPSA) is 66.5 Å². The minimum Gasteiger partial charge on any atom is -0.394 e. The van der Waals surface area contributed by atoms with Crippen LogP contribution in [-0.2, 0) is 6.61 Å². The van der Waals surface area contributed by atoms with Crippen molar-refractivity contribution in [3.05, 3.63) is 35.1 Å². The molecule has 1 aromatic rings. The maximum absolute atomic E-state index is 13.0. The van der Waals surface area contributed by atoms with Gasteiger partial charge in [0.2, 0.25) is 0 Å². The highest BCUT2D eigenvalue weighted by Gasteiger charge is 2.07. The fourth-order valence-electron chi connectivity index (χ4n) is 1.03. The Balaban J connectivity index is 2.95. The third kappa shape index (κ3) is 2.24. The molecular weight excluding hydrogens is 173 g/mol. The number of aliphatic hydroxyl groups is 2. The van der Waals surface area contributed by atoms with Crippen molar-refractivity contribution in [2.75, 3.05) is 6.61 Å². The summed E-state index contributed by atoms with van der Waals surface area (Å²) in [5.74, 6) is -0.496. The third-order valence-corrected chi connectivity index (χ3v) is 1.87. The van der Waals surface area contributed by atoms with E-state index in [1.54, 1.807) is 6.07 Å². The summed E-state index contributed by atoms with van der Waals surface area (Å²) < 4.78 is 13.0. The van der Waals surface area contributed by atoms with Gasteiger partial charge in [0.05, 0.1) is 19.3 Å². The van der Waals surface area contributed by atoms with Gasteiger partial charge in [-0.25, -0.2) is 4.39 Å². The molecule has 0 saturated heterocycles. The molecule has 0 heterocycles. The minimum absolute atomic E-state index is 0.224. The lowest BCUT2D eigenvalue weighted by atomic mass is 10.1. The van der Waals surface area contributed by atoms with Gasteiger partial charge >= 0.3 is 0 Å². The van der Waals surface area contributed by atoms with Gasteiger partial charge in [-0.1, -0.05) is 12.1 Å². The van der Waals surface area contributed by atoms with Gasteiger partial charge < -0.3 is 15.9 Å². The standard InChI is InChI=1S/C9H12FNO2/c10-8-3-6(9(11)5-13)1-2-7(8)4-12/h1-3,9,12-13H,4-5,11H2. The molecule has 0 aliphatic heterocycles. The van der Waals surface area contributed by atoms with Crippen molar-refractivity contribution in [3.63, 3.8) is 0 Å². The molecule has 0 aliphatic carbocycles. The minimum atomic E-state index is -0.567. The summed E-state index contributed by atoms with van der Waals surface area (Å²) in [5.41, 5.74) is 6.23. The lowest BCUT2D eigenvalue weighted by Gasteiger charge is -2.09. The van der Waals surface area contributed by atoms with E-state index in [0.29, 0.717) is 5.56 Å². The van der Waals surface area contributed by atoms with Crippen LogP contribution >= 0.6 is 0 Å². The second kappa shape index (κ2) is 4.32. The Morgan fingerprint density at radius 2 is 2.08 bits per heavy atom. The van der Waals surface area contributed by atoms with E-state index in [2.05, 4.69) is 0 Å². The summed E-state index contributed by atoms with van der Waals surface area (Å²) >= 11 is 0. The lowest BCUT2D eigenvalue weighted by Crippen LogP contribution is -2.14. The average molecular weight is 185 g/mol. The molecule has 1 atom stereocenters. The summed E-state index contributed by atoms with van der Waals surface area (Å²) in [7, 11) is 0. The maximum Gasteiger partial charge on any atom is 0.129 e. The Labute approximate surface area is 75.6 Å². The number of hydrogen-bond donors (Lipinski definition) is 3. The Bertz CT molecular complexity index is 291. The molecule has 1 unspecified atom stereocenters. The number of aliphatic hydroxyl groups excluding tert-OH is 2. The highest BCUT2D eigenvalue weighted by molar-refractivity contribution is 5.26. The molecule has 4 heteroatoms. The quantitative estimate of drug-likeness (QED) is 0.635. The van der Waals surface area contributed by atoms with Crippen LogP contribution in [0.1, 0.15) is 17.2 Å². The van der Waals surface area contributed by atoms with Crippen LogP contribution in [0.4, 0.5) is 4.39 Å². The van der Waals surface area contributed by atoms with Crippen molar-refractivity contribution in [3.8, 4) is 0 Å². The Morgan fingerprint density at radius 1 is 1.38 bits per heavy atom. The first-order valence-electron chi connectivity index (χ1n) is 3.94. The fraction of sp³-hybridized carbons (Fsp3) is 0.333. The van der Waals surface area contributed by atoms with Crippen LogP contribution in [0.3, 0.4) is 0 Å². The number of nitrogens with two attached hydrogens (primary N) is 1. The molecule has 0 aliphatic rings. The molecule has 0 radical (unpaired) electrons. The summed E-state index contributed by atoms with van der Waals surface area (Å²) in [6.07, 6.45) is 0. The second-order valence-electron chi connectivity index (χ2n) is 2.80. The van der Waals surface area contributed by atoms with E-state index in [0.717, 1.165) is 0 Å². The van der Waals surface area contributed by atoms with Gasteiger partial charge in [0.1, 0.15) is 5.82 Å². The zero-order valence-corrected chi connectivity index (χ0v) is 7.07. The molecule has 13 heavy (non-hydrogen) atoms. The van der Waals surface area contributed by atoms with Crippen molar-refractivity contribution >= 4 is 0 Å². The number of halogens is 1. The van der Waals surface area contributed by atoms with Crippen molar-refractivity contribution in [2.24, 2.45) is 5.73 Å². The first-order valence-corrected chi connectivity index (χ1v) is 3.94. The van der Waals surface area contributed by atoms with Crippen LogP contribution in [0.2, 0.25) is 0 Å². The summed E-state index contributed by atoms with van der Waals surface area (Å²) in [4.78, 5) is 0. The monoisotopic (exact) mass is 185 g/mol. The molecule has 0 saturated carbocycles. The normalized spacial score (nSPS) is 12.9. The predicted octanol–water partition coefficient (Wildman–Crippen LogP) is 0.310. The first-order chi connectivity index (χ1) is 6.19. The second-order valence-corrected chi connectivity index (χ2v) is 2.80. The molecule has 0 bridgehead atoms. The summed E-state index contributed by atoms with van der Waals surface area (Å²) in [5, 5.41) is 17.4. The van der Waals surface area contributed by atoms with Crippen LogP contribution in [0, 0.1) is 5.82 Å². The van der Waals surface area contributed by atoms with Crippen LogP contribution in [-0.4, -0.2) is 16.8 Å². The average Bonchev–Trinajstić information content (AvgIpc) is 2.16. The zero-order valence-electron chi connectivity index (χ0n) is 7.07. The van der Waals surface area contributed by atoms with Gasteiger partial charge in [-0.2, -0.15) is 0 Å². The SMILES string of the molecule is NC(CO)c1ccc(CO)c(F)c1. The van der Waals surface area contributed by atoms with E-state index in [9.17, 15) is 4.39 Å². The van der Waals surface area contributed by atoms with E-state index >= 15 is 0 Å². The van der Waals surface area contributed by atoms with Gasteiger partial charge in [-0.3, -0.25) is 0 Å². The number of hydrogen-bond acceptors (Lipinski definition) is 3. The molecule has 4 N–H and O–H groups in total. The smallest absolute Gasteiger partial charge is 0.129 e. The Hall–Kier alpha value is -0.970. The number of benzene rings is 1. The molecule has 0 amide bonds. The summed E-state index contributed by atoms with van der Waals surface area (Å²) in [6, 6.07) is 3.71.